The number of para-hydroxylation sites is 1. The summed E-state index contributed by atoms with van der Waals surface area (Å²) in [6.07, 6.45) is 1.60. The molecule has 200 valence electrons. The fraction of sp³-hybridized carbons (Fsp3) is 0.481. The van der Waals surface area contributed by atoms with Crippen molar-refractivity contribution in [2.24, 2.45) is 5.73 Å². The molecule has 2 aliphatic rings. The average Bonchev–Trinajstić information content (AvgIpc) is 3.20. The number of carbonyl (C=O) groups excluding carboxylic acids is 2. The number of amides is 2. The van der Waals surface area contributed by atoms with Gasteiger partial charge in [-0.3, -0.25) is 13.9 Å². The van der Waals surface area contributed by atoms with E-state index < -0.39 is 17.5 Å². The van der Waals surface area contributed by atoms with E-state index in [2.05, 4.69) is 21.8 Å². The van der Waals surface area contributed by atoms with Crippen LogP contribution < -0.4 is 15.4 Å². The molecule has 37 heavy (non-hydrogen) atoms. The third-order valence-electron chi connectivity index (χ3n) is 7.00. The van der Waals surface area contributed by atoms with Gasteiger partial charge in [-0.2, -0.15) is 0 Å². The van der Waals surface area contributed by atoms with Gasteiger partial charge in [-0.05, 0) is 43.9 Å². The van der Waals surface area contributed by atoms with Crippen molar-refractivity contribution in [3.05, 3.63) is 65.7 Å². The minimum Gasteiger partial charge on any atom is -0.374 e. The van der Waals surface area contributed by atoms with Crippen molar-refractivity contribution in [1.82, 2.24) is 10.2 Å². The minimum atomic E-state index is -1.11. The summed E-state index contributed by atoms with van der Waals surface area (Å²) in [6.45, 7) is 5.58. The number of nitrogens with two attached hydrogens (primary N) is 1. The molecule has 0 aromatic heterocycles. The number of carbonyl (C=O) groups is 2. The average molecular weight is 529 g/mol. The highest BCUT2D eigenvalue weighted by Crippen LogP contribution is 2.49. The van der Waals surface area contributed by atoms with Gasteiger partial charge >= 0.3 is 0 Å². The first-order chi connectivity index (χ1) is 17.7. The normalized spacial score (nSPS) is 17.5. The van der Waals surface area contributed by atoms with Gasteiger partial charge in [0.2, 0.25) is 11.8 Å². The standard InChI is InChI=1S/C27H36N4O5S/c1-26(2,28)25(33)29-22(18-35-17-20-9-5-4-6-10-20)24(32)30-15-13-27(14-16-30)19-31(37-36-34-3)23-12-8-7-11-21(23)27/h4-12,22H,13-19,28H2,1-3H3,(H,29,33)/t22-/m1/s1. The van der Waals surface area contributed by atoms with E-state index in [9.17, 15) is 9.59 Å². The molecule has 1 spiro atoms. The van der Waals surface area contributed by atoms with Gasteiger partial charge in [0, 0.05) is 25.0 Å². The van der Waals surface area contributed by atoms with Crippen molar-refractivity contribution in [2.75, 3.05) is 37.7 Å². The highest BCUT2D eigenvalue weighted by atomic mass is 32.2. The molecule has 0 bridgehead atoms. The fourth-order valence-electron chi connectivity index (χ4n) is 4.91. The molecular formula is C27H36N4O5S. The molecule has 0 radical (unpaired) electrons. The van der Waals surface area contributed by atoms with Crippen molar-refractivity contribution >= 4 is 29.7 Å². The van der Waals surface area contributed by atoms with Crippen molar-refractivity contribution in [3.8, 4) is 0 Å². The van der Waals surface area contributed by atoms with Crippen molar-refractivity contribution in [2.45, 2.75) is 50.3 Å². The Kier molecular flexibility index (Phi) is 8.76. The first kappa shape index (κ1) is 27.4. The van der Waals surface area contributed by atoms with Crippen LogP contribution in [0.5, 0.6) is 0 Å². The van der Waals surface area contributed by atoms with E-state index in [-0.39, 0.29) is 17.9 Å². The summed E-state index contributed by atoms with van der Waals surface area (Å²) in [4.78, 5) is 32.9. The van der Waals surface area contributed by atoms with Crippen LogP contribution in [0.15, 0.2) is 54.6 Å². The van der Waals surface area contributed by atoms with Crippen LogP contribution in [0.4, 0.5) is 5.69 Å². The largest absolute Gasteiger partial charge is 0.374 e. The number of nitrogens with one attached hydrogen (secondary N) is 1. The smallest absolute Gasteiger partial charge is 0.247 e. The van der Waals surface area contributed by atoms with Gasteiger partial charge in [0.05, 0.1) is 31.5 Å². The topological polar surface area (TPSA) is 106 Å². The quantitative estimate of drug-likeness (QED) is 0.210. The highest BCUT2D eigenvalue weighted by molar-refractivity contribution is 7.96. The van der Waals surface area contributed by atoms with Crippen molar-refractivity contribution in [3.63, 3.8) is 0 Å². The monoisotopic (exact) mass is 528 g/mol. The van der Waals surface area contributed by atoms with E-state index in [1.165, 1.54) is 24.9 Å². The Labute approximate surface area is 222 Å². The number of anilines is 1. The van der Waals surface area contributed by atoms with Gasteiger partial charge in [0.15, 0.2) is 12.2 Å². The van der Waals surface area contributed by atoms with Crippen LogP contribution in [0.1, 0.15) is 37.8 Å². The Morgan fingerprint density at radius 2 is 1.78 bits per heavy atom. The molecule has 0 aliphatic carbocycles. The Morgan fingerprint density at radius 3 is 2.46 bits per heavy atom. The number of piperidine rings is 1. The molecule has 1 saturated heterocycles. The molecule has 0 unspecified atom stereocenters. The third kappa shape index (κ3) is 6.45. The van der Waals surface area contributed by atoms with Crippen molar-refractivity contribution < 1.29 is 23.5 Å². The number of ether oxygens (including phenoxy) is 1. The molecule has 2 amide bonds. The van der Waals surface area contributed by atoms with Gasteiger partial charge in [-0.25, -0.2) is 4.89 Å². The first-order valence-corrected chi connectivity index (χ1v) is 13.2. The van der Waals surface area contributed by atoms with E-state index in [0.717, 1.165) is 30.6 Å². The second kappa shape index (κ2) is 11.8. The summed E-state index contributed by atoms with van der Waals surface area (Å²) in [5, 5.41) is 2.83. The lowest BCUT2D eigenvalue weighted by Crippen LogP contribution is -2.59. The van der Waals surface area contributed by atoms with E-state index in [4.69, 9.17) is 19.7 Å². The molecule has 0 saturated carbocycles. The Balaban J connectivity index is 1.42. The number of benzene rings is 2. The summed E-state index contributed by atoms with van der Waals surface area (Å²) in [7, 11) is 1.49. The van der Waals surface area contributed by atoms with Crippen LogP contribution in [0.25, 0.3) is 0 Å². The lowest BCUT2D eigenvalue weighted by molar-refractivity contribution is -0.160. The van der Waals surface area contributed by atoms with Crippen LogP contribution in [-0.2, 0) is 35.6 Å². The number of hydrogen-bond acceptors (Lipinski definition) is 8. The fourth-order valence-corrected chi connectivity index (χ4v) is 5.58. The number of hydrogen-bond donors (Lipinski definition) is 2. The van der Waals surface area contributed by atoms with Gasteiger partial charge in [0.25, 0.3) is 0 Å². The van der Waals surface area contributed by atoms with E-state index in [0.29, 0.717) is 19.7 Å². The number of rotatable bonds is 10. The maximum absolute atomic E-state index is 13.6. The molecule has 2 aliphatic heterocycles. The van der Waals surface area contributed by atoms with Gasteiger partial charge in [-0.1, -0.05) is 48.5 Å². The minimum absolute atomic E-state index is 0.0683. The van der Waals surface area contributed by atoms with Crippen LogP contribution in [0.3, 0.4) is 0 Å². The molecule has 2 heterocycles. The summed E-state index contributed by atoms with van der Waals surface area (Å²) < 4.78 is 13.1. The highest BCUT2D eigenvalue weighted by Gasteiger charge is 2.46. The summed E-state index contributed by atoms with van der Waals surface area (Å²) in [6, 6.07) is 17.2. The maximum Gasteiger partial charge on any atom is 0.247 e. The van der Waals surface area contributed by atoms with E-state index in [1.54, 1.807) is 13.8 Å². The Bertz CT molecular complexity index is 1070. The van der Waals surface area contributed by atoms with Crippen LogP contribution >= 0.6 is 12.2 Å². The predicted molar refractivity (Wildman–Crippen MR) is 143 cm³/mol. The summed E-state index contributed by atoms with van der Waals surface area (Å²) in [5.74, 6) is -0.543. The van der Waals surface area contributed by atoms with E-state index in [1.807, 2.05) is 47.4 Å². The number of nitrogens with zero attached hydrogens (tertiary/aromatic N) is 2. The summed E-state index contributed by atoms with van der Waals surface area (Å²) in [5.41, 5.74) is 8.17. The Hall–Kier alpha value is -2.63. The molecule has 9 nitrogen and oxygen atoms in total. The molecule has 4 rings (SSSR count). The van der Waals surface area contributed by atoms with Crippen LogP contribution in [-0.4, -0.2) is 61.6 Å². The zero-order valence-corrected chi connectivity index (χ0v) is 22.5. The van der Waals surface area contributed by atoms with Gasteiger partial charge in [-0.15, -0.1) is 4.33 Å². The van der Waals surface area contributed by atoms with E-state index >= 15 is 0 Å². The lowest BCUT2D eigenvalue weighted by Gasteiger charge is -2.41. The van der Waals surface area contributed by atoms with Crippen LogP contribution in [0, 0.1) is 0 Å². The van der Waals surface area contributed by atoms with Gasteiger partial charge < -0.3 is 20.7 Å². The summed E-state index contributed by atoms with van der Waals surface area (Å²) >= 11 is 1.18. The zero-order valence-electron chi connectivity index (χ0n) is 21.6. The predicted octanol–water partition coefficient (Wildman–Crippen LogP) is 2.95. The van der Waals surface area contributed by atoms with Gasteiger partial charge in [0.1, 0.15) is 6.04 Å². The lowest BCUT2D eigenvalue weighted by atomic mass is 9.74. The maximum atomic E-state index is 13.6. The SMILES string of the molecule is COOSN1CC2(CCN(C(=O)[C@@H](COCc3ccccc3)NC(=O)C(C)(C)N)CC2)c2ccccc21. The zero-order chi connectivity index (χ0) is 26.5. The number of fused-ring (bicyclic) bond motifs is 2. The molecule has 1 atom stereocenters. The molecule has 1 fully saturated rings. The second-order valence-electron chi connectivity index (χ2n) is 10.2. The molecule has 10 heteroatoms. The molecular weight excluding hydrogens is 492 g/mol. The van der Waals surface area contributed by atoms with Crippen LogP contribution in [0.2, 0.25) is 0 Å². The molecule has 2 aromatic carbocycles. The molecule has 3 N–H and O–H groups in total. The second-order valence-corrected chi connectivity index (χ2v) is 10.9. The Morgan fingerprint density at radius 1 is 1.11 bits per heavy atom. The number of likely N-dealkylation sites (tertiary alicyclic amines) is 1. The van der Waals surface area contributed by atoms with Crippen molar-refractivity contribution in [1.29, 1.82) is 0 Å². The third-order valence-corrected chi connectivity index (χ3v) is 7.70. The first-order valence-electron chi connectivity index (χ1n) is 12.5. The molecule has 2 aromatic rings.